The molecule has 0 saturated heterocycles. The highest BCUT2D eigenvalue weighted by Crippen LogP contribution is 2.33. The van der Waals surface area contributed by atoms with Crippen LogP contribution in [0.5, 0.6) is 0 Å². The fraction of sp³-hybridized carbons (Fsp3) is 0. The van der Waals surface area contributed by atoms with E-state index in [9.17, 15) is 9.18 Å². The zero-order valence-corrected chi connectivity index (χ0v) is 13.6. The van der Waals surface area contributed by atoms with Gasteiger partial charge < -0.3 is 5.11 Å². The van der Waals surface area contributed by atoms with Gasteiger partial charge in [0, 0.05) is 20.8 Å². The first-order valence-electron chi connectivity index (χ1n) is 5.77. The van der Waals surface area contributed by atoms with Crippen LogP contribution in [0, 0.1) is 5.82 Å². The summed E-state index contributed by atoms with van der Waals surface area (Å²) in [6, 6.07) is 6.19. The Kier molecular flexibility index (Phi) is 3.88. The van der Waals surface area contributed by atoms with Crippen LogP contribution in [-0.2, 0) is 0 Å². The number of benzene rings is 1. The third-order valence-electron chi connectivity index (χ3n) is 2.71. The maximum absolute atomic E-state index is 13.4. The summed E-state index contributed by atoms with van der Waals surface area (Å²) >= 11 is 5.97. The summed E-state index contributed by atoms with van der Waals surface area (Å²) in [4.78, 5) is 16.1. The highest BCUT2D eigenvalue weighted by Gasteiger charge is 2.12. The first-order valence-corrected chi connectivity index (χ1v) is 8.32. The Labute approximate surface area is 135 Å². The van der Waals surface area contributed by atoms with E-state index in [2.05, 4.69) is 20.9 Å². The van der Waals surface area contributed by atoms with E-state index in [4.69, 9.17) is 5.11 Å². The van der Waals surface area contributed by atoms with Gasteiger partial charge in [-0.1, -0.05) is 15.9 Å². The molecule has 0 amide bonds. The van der Waals surface area contributed by atoms with Crippen LogP contribution in [-0.4, -0.2) is 16.1 Å². The van der Waals surface area contributed by atoms with E-state index in [1.165, 1.54) is 34.8 Å². The normalized spacial score (nSPS) is 10.8. The lowest BCUT2D eigenvalue weighted by Gasteiger charge is -1.98. The van der Waals surface area contributed by atoms with Gasteiger partial charge in [-0.15, -0.1) is 22.7 Å². The minimum Gasteiger partial charge on any atom is -0.478 e. The number of carbonyl (C=O) groups is 1. The Morgan fingerprint density at radius 1 is 1.19 bits per heavy atom. The molecule has 2 heterocycles. The molecule has 0 bridgehead atoms. The predicted octanol–water partition coefficient (Wildman–Crippen LogP) is 5.14. The van der Waals surface area contributed by atoms with Crippen molar-refractivity contribution in [1.82, 2.24) is 4.98 Å². The van der Waals surface area contributed by atoms with Crippen molar-refractivity contribution < 1.29 is 14.3 Å². The van der Waals surface area contributed by atoms with E-state index >= 15 is 0 Å². The van der Waals surface area contributed by atoms with Gasteiger partial charge in [-0.05, 0) is 24.3 Å². The first kappa shape index (κ1) is 14.4. The fourth-order valence-electron chi connectivity index (χ4n) is 1.78. The molecule has 1 aromatic carbocycles. The molecule has 0 radical (unpaired) electrons. The molecule has 3 rings (SSSR count). The molecule has 2 aromatic heterocycles. The number of rotatable bonds is 3. The van der Waals surface area contributed by atoms with Gasteiger partial charge in [0.15, 0.2) is 0 Å². The van der Waals surface area contributed by atoms with Crippen LogP contribution in [0.2, 0.25) is 0 Å². The molecule has 0 aliphatic rings. The summed E-state index contributed by atoms with van der Waals surface area (Å²) in [5.41, 5.74) is 1.64. The van der Waals surface area contributed by atoms with Crippen molar-refractivity contribution in [3.8, 4) is 21.1 Å². The van der Waals surface area contributed by atoms with Gasteiger partial charge in [-0.25, -0.2) is 14.2 Å². The van der Waals surface area contributed by atoms with Crippen molar-refractivity contribution in [3.63, 3.8) is 0 Å². The summed E-state index contributed by atoms with van der Waals surface area (Å²) in [5, 5.41) is 13.0. The average molecular weight is 384 g/mol. The quantitative estimate of drug-likeness (QED) is 0.681. The Bertz CT molecular complexity index is 808. The summed E-state index contributed by atoms with van der Waals surface area (Å²) in [7, 11) is 0. The molecule has 7 heteroatoms. The van der Waals surface area contributed by atoms with Crippen molar-refractivity contribution in [3.05, 3.63) is 50.9 Å². The second-order valence-electron chi connectivity index (χ2n) is 4.20. The molecule has 3 nitrogen and oxygen atoms in total. The number of thiazole rings is 1. The summed E-state index contributed by atoms with van der Waals surface area (Å²) < 4.78 is 14.1. The van der Waals surface area contributed by atoms with E-state index in [0.29, 0.717) is 20.7 Å². The maximum Gasteiger partial charge on any atom is 0.336 e. The second kappa shape index (κ2) is 5.67. The largest absolute Gasteiger partial charge is 0.478 e. The Hall–Kier alpha value is -1.57. The molecule has 0 aliphatic heterocycles. The molecule has 106 valence electrons. The van der Waals surface area contributed by atoms with Crippen LogP contribution < -0.4 is 0 Å². The number of aromatic nitrogens is 1. The number of carboxylic acids is 1. The number of nitrogens with zero attached hydrogens (tertiary/aromatic N) is 1. The maximum atomic E-state index is 13.4. The van der Waals surface area contributed by atoms with Crippen LogP contribution in [0.1, 0.15) is 10.4 Å². The van der Waals surface area contributed by atoms with E-state index in [-0.39, 0.29) is 11.4 Å². The van der Waals surface area contributed by atoms with Gasteiger partial charge in [0.25, 0.3) is 0 Å². The molecule has 0 unspecified atom stereocenters. The number of aromatic carboxylic acids is 1. The monoisotopic (exact) mass is 383 g/mol. The molecule has 0 fully saturated rings. The van der Waals surface area contributed by atoms with Gasteiger partial charge in [-0.3, -0.25) is 0 Å². The average Bonchev–Trinajstić information content (AvgIpc) is 3.07. The Morgan fingerprint density at radius 2 is 2.00 bits per heavy atom. The highest BCUT2D eigenvalue weighted by atomic mass is 79.9. The van der Waals surface area contributed by atoms with Crippen molar-refractivity contribution in [2.24, 2.45) is 0 Å². The highest BCUT2D eigenvalue weighted by molar-refractivity contribution is 9.10. The third-order valence-corrected chi connectivity index (χ3v) is 5.01. The molecule has 0 atom stereocenters. The lowest BCUT2D eigenvalue weighted by molar-refractivity contribution is 0.0697. The van der Waals surface area contributed by atoms with Crippen LogP contribution >= 0.6 is 38.6 Å². The van der Waals surface area contributed by atoms with Gasteiger partial charge in [0.1, 0.15) is 10.8 Å². The standard InChI is InChI=1S/C14H7BrFNO2S2/c15-9-1-7(2-10(16)4-9)13-17-11(6-21-13)12-3-8(5-20-12)14(18)19/h1-6H,(H,18,19). The molecule has 0 aliphatic carbocycles. The van der Waals surface area contributed by atoms with Crippen molar-refractivity contribution in [2.75, 3.05) is 0 Å². The summed E-state index contributed by atoms with van der Waals surface area (Å²) in [6.45, 7) is 0. The topological polar surface area (TPSA) is 50.2 Å². The predicted molar refractivity (Wildman–Crippen MR) is 85.5 cm³/mol. The van der Waals surface area contributed by atoms with E-state index < -0.39 is 5.97 Å². The van der Waals surface area contributed by atoms with Crippen LogP contribution in [0.4, 0.5) is 4.39 Å². The minimum absolute atomic E-state index is 0.248. The van der Waals surface area contributed by atoms with Gasteiger partial charge in [-0.2, -0.15) is 0 Å². The van der Waals surface area contributed by atoms with E-state index in [0.717, 1.165) is 4.88 Å². The van der Waals surface area contributed by atoms with Crippen LogP contribution in [0.3, 0.4) is 0 Å². The Balaban J connectivity index is 1.97. The molecular formula is C14H7BrFNO2S2. The lowest BCUT2D eigenvalue weighted by atomic mass is 10.2. The van der Waals surface area contributed by atoms with Crippen LogP contribution in [0.15, 0.2) is 39.5 Å². The second-order valence-corrected chi connectivity index (χ2v) is 6.89. The zero-order chi connectivity index (χ0) is 15.0. The molecule has 1 N–H and O–H groups in total. The first-order chi connectivity index (χ1) is 10.0. The molecule has 0 spiro atoms. The fourth-order valence-corrected chi connectivity index (χ4v) is 3.97. The molecule has 21 heavy (non-hydrogen) atoms. The number of hydrogen-bond acceptors (Lipinski definition) is 4. The Morgan fingerprint density at radius 3 is 2.67 bits per heavy atom. The minimum atomic E-state index is -0.956. The molecule has 3 aromatic rings. The van der Waals surface area contributed by atoms with E-state index in [1.807, 2.05) is 5.38 Å². The lowest BCUT2D eigenvalue weighted by Crippen LogP contribution is -1.91. The third kappa shape index (κ3) is 3.04. The van der Waals surface area contributed by atoms with Gasteiger partial charge in [0.05, 0.1) is 16.1 Å². The molecular weight excluding hydrogens is 377 g/mol. The molecule has 0 saturated carbocycles. The SMILES string of the molecule is O=C(O)c1csc(-c2csc(-c3cc(F)cc(Br)c3)n2)c1. The van der Waals surface area contributed by atoms with Crippen molar-refractivity contribution in [2.45, 2.75) is 0 Å². The number of halogens is 2. The summed E-state index contributed by atoms with van der Waals surface area (Å²) in [6.07, 6.45) is 0. The van der Waals surface area contributed by atoms with Crippen molar-refractivity contribution >= 4 is 44.6 Å². The smallest absolute Gasteiger partial charge is 0.336 e. The van der Waals surface area contributed by atoms with Crippen LogP contribution in [0.25, 0.3) is 21.1 Å². The zero-order valence-electron chi connectivity index (χ0n) is 10.3. The number of hydrogen-bond donors (Lipinski definition) is 1. The number of carboxylic acid groups (broad SMARTS) is 1. The van der Waals surface area contributed by atoms with Gasteiger partial charge in [0.2, 0.25) is 0 Å². The van der Waals surface area contributed by atoms with Crippen molar-refractivity contribution in [1.29, 1.82) is 0 Å². The van der Waals surface area contributed by atoms with E-state index in [1.54, 1.807) is 17.5 Å². The van der Waals surface area contributed by atoms with Gasteiger partial charge >= 0.3 is 5.97 Å². The summed E-state index contributed by atoms with van der Waals surface area (Å²) in [5.74, 6) is -1.29. The number of thiophene rings is 1.